The van der Waals surface area contributed by atoms with Crippen LogP contribution in [-0.2, 0) is 0 Å². The third kappa shape index (κ3) is 2.39. The molecule has 1 unspecified atom stereocenters. The first kappa shape index (κ1) is 13.5. The maximum Gasteiger partial charge on any atom is 0.200 e. The van der Waals surface area contributed by atoms with Gasteiger partial charge < -0.3 is 5.11 Å². The summed E-state index contributed by atoms with van der Waals surface area (Å²) in [7, 11) is 0. The predicted octanol–water partition coefficient (Wildman–Crippen LogP) is 2.83. The second-order valence-corrected chi connectivity index (χ2v) is 3.13. The molecule has 0 aliphatic heterocycles. The minimum absolute atomic E-state index is 0.422. The molecule has 0 aliphatic carbocycles. The Morgan fingerprint density at radius 3 is 1.76 bits per heavy atom. The molecule has 1 aromatic carbocycles. The lowest BCUT2D eigenvalue weighted by Gasteiger charge is -2.11. The number of hydrogen-bond acceptors (Lipinski definition) is 1. The number of halogens is 5. The van der Waals surface area contributed by atoms with Crippen LogP contribution in [0.1, 0.15) is 25.0 Å². The van der Waals surface area contributed by atoms with Gasteiger partial charge in [0.25, 0.3) is 0 Å². The number of benzene rings is 1. The molecule has 0 radical (unpaired) electrons. The van der Waals surface area contributed by atoms with Crippen molar-refractivity contribution in [3.8, 4) is 11.8 Å². The van der Waals surface area contributed by atoms with Crippen molar-refractivity contribution >= 4 is 0 Å². The van der Waals surface area contributed by atoms with Crippen LogP contribution in [0.3, 0.4) is 0 Å². The second-order valence-electron chi connectivity index (χ2n) is 3.13. The summed E-state index contributed by atoms with van der Waals surface area (Å²) in [4.78, 5) is 0. The van der Waals surface area contributed by atoms with Crippen molar-refractivity contribution in [3.63, 3.8) is 0 Å². The van der Waals surface area contributed by atoms with E-state index in [0.29, 0.717) is 0 Å². The number of rotatable bonds is 2. The van der Waals surface area contributed by atoms with E-state index < -0.39 is 47.2 Å². The lowest BCUT2D eigenvalue weighted by Crippen LogP contribution is -2.11. The van der Waals surface area contributed by atoms with Crippen molar-refractivity contribution in [2.24, 2.45) is 0 Å². The molecule has 0 fully saturated rings. The highest BCUT2D eigenvalue weighted by atomic mass is 19.2. The van der Waals surface area contributed by atoms with E-state index >= 15 is 0 Å². The largest absolute Gasteiger partial charge is 0.387 e. The molecule has 0 spiro atoms. The molecule has 0 aliphatic rings. The predicted molar refractivity (Wildman–Crippen MR) is 49.3 cm³/mol. The van der Waals surface area contributed by atoms with Crippen molar-refractivity contribution in [3.05, 3.63) is 34.6 Å². The second kappa shape index (κ2) is 5.15. The molecular weight excluding hydrogens is 243 g/mol. The van der Waals surface area contributed by atoms with Crippen molar-refractivity contribution < 1.29 is 27.1 Å². The molecule has 1 nitrogen and oxygen atoms in total. The van der Waals surface area contributed by atoms with Gasteiger partial charge in [0.15, 0.2) is 23.3 Å². The molecule has 1 atom stereocenters. The van der Waals surface area contributed by atoms with Crippen LogP contribution in [0, 0.1) is 40.9 Å². The van der Waals surface area contributed by atoms with E-state index in [2.05, 4.69) is 11.8 Å². The molecule has 92 valence electrons. The zero-order valence-corrected chi connectivity index (χ0v) is 8.62. The van der Waals surface area contributed by atoms with Crippen molar-refractivity contribution in [1.29, 1.82) is 0 Å². The van der Waals surface area contributed by atoms with Gasteiger partial charge in [0.1, 0.15) is 0 Å². The fourth-order valence-electron chi connectivity index (χ4n) is 1.22. The van der Waals surface area contributed by atoms with Gasteiger partial charge in [-0.05, 0) is 6.92 Å². The van der Waals surface area contributed by atoms with E-state index in [1.54, 1.807) is 0 Å². The Kier molecular flexibility index (Phi) is 4.07. The standard InChI is InChI=1S/C11H7F5O/c1-2-3-4-5(17)6-7(12)9(14)11(16)10(15)8(6)13/h5,17H,4H2,1H3. The Bertz CT molecular complexity index is 472. The third-order valence-corrected chi connectivity index (χ3v) is 2.05. The average molecular weight is 250 g/mol. The number of hydrogen-bond donors (Lipinski definition) is 1. The fraction of sp³-hybridized carbons (Fsp3) is 0.273. The number of aliphatic hydroxyl groups excluding tert-OH is 1. The topological polar surface area (TPSA) is 20.2 Å². The molecule has 1 N–H and O–H groups in total. The van der Waals surface area contributed by atoms with Gasteiger partial charge >= 0.3 is 0 Å². The minimum atomic E-state index is -2.25. The van der Waals surface area contributed by atoms with Crippen LogP contribution in [0.15, 0.2) is 0 Å². The molecule has 0 amide bonds. The molecule has 6 heteroatoms. The van der Waals surface area contributed by atoms with Crippen LogP contribution in [0.4, 0.5) is 22.0 Å². The molecule has 0 saturated heterocycles. The highest BCUT2D eigenvalue weighted by Gasteiger charge is 2.29. The molecule has 0 heterocycles. The molecule has 1 aromatic rings. The monoisotopic (exact) mass is 250 g/mol. The summed E-state index contributed by atoms with van der Waals surface area (Å²) in [6, 6.07) is 0. The zero-order valence-electron chi connectivity index (χ0n) is 8.62. The first-order valence-corrected chi connectivity index (χ1v) is 4.50. The van der Waals surface area contributed by atoms with Gasteiger partial charge in [-0.3, -0.25) is 0 Å². The maximum absolute atomic E-state index is 13.2. The van der Waals surface area contributed by atoms with E-state index in [-0.39, 0.29) is 0 Å². The minimum Gasteiger partial charge on any atom is -0.387 e. The van der Waals surface area contributed by atoms with Crippen LogP contribution in [0.2, 0.25) is 0 Å². The first-order chi connectivity index (χ1) is 7.91. The molecule has 17 heavy (non-hydrogen) atoms. The maximum atomic E-state index is 13.2. The van der Waals surface area contributed by atoms with Gasteiger partial charge in [-0.2, -0.15) is 0 Å². The van der Waals surface area contributed by atoms with Crippen molar-refractivity contribution in [2.75, 3.05) is 0 Å². The Morgan fingerprint density at radius 1 is 0.941 bits per heavy atom. The highest BCUT2D eigenvalue weighted by molar-refractivity contribution is 5.27. The SMILES string of the molecule is CC#CCC(O)c1c(F)c(F)c(F)c(F)c1F. The summed E-state index contributed by atoms with van der Waals surface area (Å²) in [6.07, 6.45) is -2.29. The summed E-state index contributed by atoms with van der Waals surface area (Å²) in [5, 5.41) is 9.31. The normalized spacial score (nSPS) is 11.9. The molecule has 0 aromatic heterocycles. The summed E-state index contributed by atoms with van der Waals surface area (Å²) in [5.41, 5.74) is -1.26. The first-order valence-electron chi connectivity index (χ1n) is 4.50. The Labute approximate surface area is 93.9 Å². The Morgan fingerprint density at radius 2 is 1.35 bits per heavy atom. The number of aliphatic hydroxyl groups is 1. The van der Waals surface area contributed by atoms with Crippen LogP contribution in [0.25, 0.3) is 0 Å². The van der Waals surface area contributed by atoms with E-state index in [1.807, 2.05) is 0 Å². The van der Waals surface area contributed by atoms with E-state index in [1.165, 1.54) is 6.92 Å². The van der Waals surface area contributed by atoms with E-state index in [9.17, 15) is 27.1 Å². The van der Waals surface area contributed by atoms with Crippen LogP contribution in [0.5, 0.6) is 0 Å². The van der Waals surface area contributed by atoms with Gasteiger partial charge in [-0.1, -0.05) is 0 Å². The summed E-state index contributed by atoms with van der Waals surface area (Å²) >= 11 is 0. The van der Waals surface area contributed by atoms with Crippen molar-refractivity contribution in [2.45, 2.75) is 19.4 Å². The average Bonchev–Trinajstić information content (AvgIpc) is 2.31. The van der Waals surface area contributed by atoms with E-state index in [4.69, 9.17) is 0 Å². The van der Waals surface area contributed by atoms with Gasteiger partial charge in [0, 0.05) is 6.42 Å². The fourth-order valence-corrected chi connectivity index (χ4v) is 1.22. The molecular formula is C11H7F5O. The summed E-state index contributed by atoms with van der Waals surface area (Å²) < 4.78 is 64.5. The Balaban J connectivity index is 3.36. The van der Waals surface area contributed by atoms with Crippen LogP contribution in [-0.4, -0.2) is 5.11 Å². The lowest BCUT2D eigenvalue weighted by molar-refractivity contribution is 0.169. The smallest absolute Gasteiger partial charge is 0.200 e. The van der Waals surface area contributed by atoms with Gasteiger partial charge in [-0.15, -0.1) is 11.8 Å². The van der Waals surface area contributed by atoms with Gasteiger partial charge in [0.05, 0.1) is 11.7 Å². The highest BCUT2D eigenvalue weighted by Crippen LogP contribution is 2.28. The van der Waals surface area contributed by atoms with Gasteiger partial charge in [-0.25, -0.2) is 22.0 Å². The lowest BCUT2D eigenvalue weighted by atomic mass is 10.0. The molecule has 1 rings (SSSR count). The molecule has 0 saturated carbocycles. The summed E-state index contributed by atoms with van der Waals surface area (Å²) in [5.74, 6) is -5.87. The van der Waals surface area contributed by atoms with E-state index in [0.717, 1.165) is 0 Å². The Hall–Kier alpha value is -1.61. The molecule has 0 bridgehead atoms. The third-order valence-electron chi connectivity index (χ3n) is 2.05. The van der Waals surface area contributed by atoms with Gasteiger partial charge in [0.2, 0.25) is 5.82 Å². The van der Waals surface area contributed by atoms with Crippen LogP contribution >= 0.6 is 0 Å². The summed E-state index contributed by atoms with van der Waals surface area (Å²) in [6.45, 7) is 1.41. The van der Waals surface area contributed by atoms with Crippen molar-refractivity contribution in [1.82, 2.24) is 0 Å². The van der Waals surface area contributed by atoms with Crippen LogP contribution < -0.4 is 0 Å². The zero-order chi connectivity index (χ0) is 13.2. The quantitative estimate of drug-likeness (QED) is 0.370.